The molecule has 0 aliphatic heterocycles. The van der Waals surface area contributed by atoms with Gasteiger partial charge in [0.2, 0.25) is 0 Å². The summed E-state index contributed by atoms with van der Waals surface area (Å²) in [6, 6.07) is 7.78. The van der Waals surface area contributed by atoms with E-state index in [0.717, 1.165) is 11.1 Å². The predicted molar refractivity (Wildman–Crippen MR) is 93.6 cm³/mol. The molecule has 0 fully saturated rings. The van der Waals surface area contributed by atoms with Gasteiger partial charge in [-0.3, -0.25) is 9.59 Å². The molecule has 0 spiro atoms. The SMILES string of the molecule is CC(=O)c1c(C)[nH]c(C(=O)OCC(=O)NCc2ccc(C)cc2)c1C. The van der Waals surface area contributed by atoms with Crippen LogP contribution in [0.2, 0.25) is 0 Å². The Balaban J connectivity index is 1.89. The van der Waals surface area contributed by atoms with Gasteiger partial charge in [0.05, 0.1) is 0 Å². The van der Waals surface area contributed by atoms with E-state index in [4.69, 9.17) is 4.74 Å². The first kappa shape index (κ1) is 18.4. The van der Waals surface area contributed by atoms with Gasteiger partial charge in [0.25, 0.3) is 5.91 Å². The van der Waals surface area contributed by atoms with Crippen molar-refractivity contribution < 1.29 is 19.1 Å². The smallest absolute Gasteiger partial charge is 0.355 e. The number of aromatic nitrogens is 1. The van der Waals surface area contributed by atoms with Gasteiger partial charge < -0.3 is 15.0 Å². The van der Waals surface area contributed by atoms with Crippen molar-refractivity contribution >= 4 is 17.7 Å². The van der Waals surface area contributed by atoms with E-state index >= 15 is 0 Å². The van der Waals surface area contributed by atoms with Gasteiger partial charge in [0, 0.05) is 17.8 Å². The zero-order valence-corrected chi connectivity index (χ0v) is 14.9. The molecule has 1 aromatic carbocycles. The van der Waals surface area contributed by atoms with E-state index in [1.165, 1.54) is 6.92 Å². The Morgan fingerprint density at radius 3 is 2.28 bits per heavy atom. The third-order valence-electron chi connectivity index (χ3n) is 3.94. The highest BCUT2D eigenvalue weighted by molar-refractivity contribution is 6.01. The molecular weight excluding hydrogens is 320 g/mol. The average Bonchev–Trinajstić information content (AvgIpc) is 2.86. The van der Waals surface area contributed by atoms with Crippen molar-refractivity contribution in [2.45, 2.75) is 34.2 Å². The summed E-state index contributed by atoms with van der Waals surface area (Å²) in [7, 11) is 0. The van der Waals surface area contributed by atoms with Crippen molar-refractivity contribution in [1.29, 1.82) is 0 Å². The molecule has 0 aliphatic rings. The third kappa shape index (κ3) is 4.56. The molecule has 1 aromatic heterocycles. The maximum Gasteiger partial charge on any atom is 0.355 e. The Hall–Kier alpha value is -2.89. The summed E-state index contributed by atoms with van der Waals surface area (Å²) >= 11 is 0. The molecule has 0 bridgehead atoms. The first-order valence-electron chi connectivity index (χ1n) is 7.99. The summed E-state index contributed by atoms with van der Waals surface area (Å²) in [5.41, 5.74) is 3.94. The van der Waals surface area contributed by atoms with Crippen molar-refractivity contribution in [3.63, 3.8) is 0 Å². The molecule has 2 aromatic rings. The molecule has 25 heavy (non-hydrogen) atoms. The van der Waals surface area contributed by atoms with E-state index < -0.39 is 5.97 Å². The lowest BCUT2D eigenvalue weighted by molar-refractivity contribution is -0.124. The maximum absolute atomic E-state index is 12.1. The van der Waals surface area contributed by atoms with Crippen molar-refractivity contribution in [3.8, 4) is 0 Å². The number of hydrogen-bond donors (Lipinski definition) is 2. The van der Waals surface area contributed by atoms with Crippen LogP contribution in [0.25, 0.3) is 0 Å². The lowest BCUT2D eigenvalue weighted by Gasteiger charge is -2.07. The van der Waals surface area contributed by atoms with Gasteiger partial charge in [-0.2, -0.15) is 0 Å². The minimum Gasteiger partial charge on any atom is -0.451 e. The number of aromatic amines is 1. The fourth-order valence-corrected chi connectivity index (χ4v) is 2.64. The predicted octanol–water partition coefficient (Wildman–Crippen LogP) is 2.62. The van der Waals surface area contributed by atoms with Crippen molar-refractivity contribution in [2.75, 3.05) is 6.61 Å². The lowest BCUT2D eigenvalue weighted by Crippen LogP contribution is -2.28. The minimum absolute atomic E-state index is 0.124. The van der Waals surface area contributed by atoms with Gasteiger partial charge in [-0.1, -0.05) is 29.8 Å². The summed E-state index contributed by atoms with van der Waals surface area (Å²) in [4.78, 5) is 38.4. The quantitative estimate of drug-likeness (QED) is 0.624. The molecule has 6 heteroatoms. The number of benzene rings is 1. The number of ether oxygens (including phenoxy) is 1. The van der Waals surface area contributed by atoms with E-state index in [1.807, 2.05) is 31.2 Å². The molecule has 2 N–H and O–H groups in total. The number of rotatable bonds is 6. The summed E-state index contributed by atoms with van der Waals surface area (Å²) in [5.74, 6) is -1.17. The average molecular weight is 342 g/mol. The maximum atomic E-state index is 12.1. The van der Waals surface area contributed by atoms with Crippen LogP contribution >= 0.6 is 0 Å². The number of Topliss-reactive ketones (excluding diaryl/α,β-unsaturated/α-hetero) is 1. The Labute approximate surface area is 146 Å². The molecule has 0 atom stereocenters. The third-order valence-corrected chi connectivity index (χ3v) is 3.94. The molecule has 0 aliphatic carbocycles. The van der Waals surface area contributed by atoms with Crippen LogP contribution in [0.15, 0.2) is 24.3 Å². The number of esters is 1. The Morgan fingerprint density at radius 1 is 1.08 bits per heavy atom. The number of H-pyrrole nitrogens is 1. The van der Waals surface area contributed by atoms with E-state index in [9.17, 15) is 14.4 Å². The van der Waals surface area contributed by atoms with Gasteiger partial charge in [-0.05, 0) is 38.8 Å². The number of carbonyl (C=O) groups excluding carboxylic acids is 3. The van der Waals surface area contributed by atoms with E-state index in [-0.39, 0.29) is 24.0 Å². The Kier molecular flexibility index (Phi) is 5.75. The van der Waals surface area contributed by atoms with Crippen LogP contribution in [0.1, 0.15) is 50.2 Å². The zero-order valence-electron chi connectivity index (χ0n) is 14.9. The molecule has 0 unspecified atom stereocenters. The minimum atomic E-state index is -0.654. The van der Waals surface area contributed by atoms with Gasteiger partial charge >= 0.3 is 5.97 Å². The molecule has 2 rings (SSSR count). The second-order valence-corrected chi connectivity index (χ2v) is 6.02. The van der Waals surface area contributed by atoms with Crippen LogP contribution in [-0.2, 0) is 16.1 Å². The normalized spacial score (nSPS) is 10.4. The van der Waals surface area contributed by atoms with Gasteiger partial charge in [0.15, 0.2) is 12.4 Å². The molecule has 0 saturated heterocycles. The fraction of sp³-hybridized carbons (Fsp3) is 0.316. The number of nitrogens with one attached hydrogen (secondary N) is 2. The monoisotopic (exact) mass is 342 g/mol. The summed E-state index contributed by atoms with van der Waals surface area (Å²) in [6.07, 6.45) is 0. The van der Waals surface area contributed by atoms with Crippen LogP contribution in [0.4, 0.5) is 0 Å². The molecule has 0 saturated carbocycles. The zero-order chi connectivity index (χ0) is 18.6. The number of ketones is 1. The largest absolute Gasteiger partial charge is 0.451 e. The lowest BCUT2D eigenvalue weighted by atomic mass is 10.1. The Morgan fingerprint density at radius 2 is 1.72 bits per heavy atom. The Bertz CT molecular complexity index is 804. The molecule has 1 heterocycles. The van der Waals surface area contributed by atoms with Gasteiger partial charge in [0.1, 0.15) is 5.69 Å². The highest BCUT2D eigenvalue weighted by Crippen LogP contribution is 2.19. The molecular formula is C19H22N2O4. The molecule has 0 radical (unpaired) electrons. The van der Waals surface area contributed by atoms with Crippen molar-refractivity contribution in [2.24, 2.45) is 0 Å². The highest BCUT2D eigenvalue weighted by Gasteiger charge is 2.21. The fourth-order valence-electron chi connectivity index (χ4n) is 2.64. The van der Waals surface area contributed by atoms with E-state index in [2.05, 4.69) is 10.3 Å². The standard InChI is InChI=1S/C19H22N2O4/c1-11-5-7-15(8-6-11)9-20-16(23)10-25-19(24)18-12(2)17(14(4)22)13(3)21-18/h5-8,21H,9-10H2,1-4H3,(H,20,23). The van der Waals surface area contributed by atoms with Gasteiger partial charge in [-0.15, -0.1) is 0 Å². The second-order valence-electron chi connectivity index (χ2n) is 6.02. The molecule has 132 valence electrons. The van der Waals surface area contributed by atoms with E-state index in [0.29, 0.717) is 23.4 Å². The van der Waals surface area contributed by atoms with Crippen molar-refractivity contribution in [3.05, 3.63) is 57.9 Å². The molecule has 1 amide bonds. The van der Waals surface area contributed by atoms with Crippen LogP contribution < -0.4 is 5.32 Å². The number of hydrogen-bond acceptors (Lipinski definition) is 4. The van der Waals surface area contributed by atoms with Gasteiger partial charge in [-0.25, -0.2) is 4.79 Å². The second kappa shape index (κ2) is 7.79. The number of aryl methyl sites for hydroxylation is 2. The molecule has 6 nitrogen and oxygen atoms in total. The first-order chi connectivity index (χ1) is 11.8. The highest BCUT2D eigenvalue weighted by atomic mass is 16.5. The van der Waals surface area contributed by atoms with E-state index in [1.54, 1.807) is 13.8 Å². The summed E-state index contributed by atoms with van der Waals surface area (Å²) < 4.78 is 5.03. The van der Waals surface area contributed by atoms with Crippen LogP contribution in [0, 0.1) is 20.8 Å². The number of amides is 1. The van der Waals surface area contributed by atoms with Crippen LogP contribution in [0.5, 0.6) is 0 Å². The number of carbonyl (C=O) groups is 3. The van der Waals surface area contributed by atoms with Crippen LogP contribution in [-0.4, -0.2) is 29.3 Å². The topological polar surface area (TPSA) is 88.3 Å². The summed E-state index contributed by atoms with van der Waals surface area (Å²) in [5, 5.41) is 2.69. The first-order valence-corrected chi connectivity index (χ1v) is 7.99. The van der Waals surface area contributed by atoms with Crippen LogP contribution in [0.3, 0.4) is 0 Å². The summed E-state index contributed by atoms with van der Waals surface area (Å²) in [6.45, 7) is 6.81. The van der Waals surface area contributed by atoms with Crippen molar-refractivity contribution in [1.82, 2.24) is 10.3 Å².